The lowest BCUT2D eigenvalue weighted by Crippen LogP contribution is -2.27. The fourth-order valence-electron chi connectivity index (χ4n) is 2.10. The van der Waals surface area contributed by atoms with Gasteiger partial charge in [0, 0.05) is 31.2 Å². The van der Waals surface area contributed by atoms with Gasteiger partial charge in [-0.15, -0.1) is 11.3 Å². The molecule has 0 atom stereocenters. The molecule has 2 N–H and O–H groups in total. The Morgan fingerprint density at radius 2 is 1.79 bits per heavy atom. The average molecular weight is 426 g/mol. The molecule has 1 aromatic carbocycles. The van der Waals surface area contributed by atoms with Crippen LogP contribution in [0.1, 0.15) is 14.5 Å². The van der Waals surface area contributed by atoms with Crippen molar-refractivity contribution in [3.05, 3.63) is 46.2 Å². The summed E-state index contributed by atoms with van der Waals surface area (Å²) in [6.45, 7) is 0.239. The zero-order valence-corrected chi connectivity index (χ0v) is 17.5. The number of hydrogen-bond acceptors (Lipinski definition) is 6. The lowest BCUT2D eigenvalue weighted by atomic mass is 10.3. The van der Waals surface area contributed by atoms with Crippen molar-refractivity contribution in [2.24, 2.45) is 0 Å². The van der Waals surface area contributed by atoms with Gasteiger partial charge in [-0.25, -0.2) is 13.1 Å². The molecular weight excluding hydrogens is 402 g/mol. The second kappa shape index (κ2) is 9.67. The van der Waals surface area contributed by atoms with Crippen LogP contribution in [0.2, 0.25) is 0 Å². The molecule has 152 valence electrons. The molecule has 2 aromatic rings. The Kier molecular flexibility index (Phi) is 7.55. The largest absolute Gasteiger partial charge is 0.484 e. The van der Waals surface area contributed by atoms with Crippen molar-refractivity contribution in [2.45, 2.75) is 6.42 Å². The lowest BCUT2D eigenvalue weighted by molar-refractivity contribution is -0.130. The molecule has 2 rings (SSSR count). The summed E-state index contributed by atoms with van der Waals surface area (Å²) in [5, 5.41) is 2.79. The van der Waals surface area contributed by atoms with Gasteiger partial charge in [0.2, 0.25) is 10.0 Å². The first-order valence-corrected chi connectivity index (χ1v) is 11.1. The van der Waals surface area contributed by atoms with Crippen LogP contribution in [0.15, 0.2) is 36.4 Å². The molecule has 0 aliphatic rings. The average Bonchev–Trinajstić information content (AvgIpc) is 3.08. The number of thiophene rings is 1. The van der Waals surface area contributed by atoms with Crippen molar-refractivity contribution in [1.29, 1.82) is 0 Å². The predicted molar refractivity (Wildman–Crippen MR) is 109 cm³/mol. The Balaban J connectivity index is 1.86. The third-order valence-corrected chi connectivity index (χ3v) is 5.47. The molecule has 2 amide bonds. The summed E-state index contributed by atoms with van der Waals surface area (Å²) in [5.41, 5.74) is 0.602. The Bertz CT molecular complexity index is 921. The molecule has 0 fully saturated rings. The highest BCUT2D eigenvalue weighted by Gasteiger charge is 2.11. The third kappa shape index (κ3) is 7.29. The number of carbonyl (C=O) groups excluding carboxylic acids is 2. The molecule has 0 radical (unpaired) electrons. The van der Waals surface area contributed by atoms with Crippen molar-refractivity contribution < 1.29 is 22.7 Å². The maximum Gasteiger partial charge on any atom is 0.265 e. The van der Waals surface area contributed by atoms with Crippen LogP contribution in [0.4, 0.5) is 5.69 Å². The number of sulfonamides is 1. The molecule has 8 nitrogen and oxygen atoms in total. The van der Waals surface area contributed by atoms with Gasteiger partial charge >= 0.3 is 0 Å². The maximum atomic E-state index is 12.3. The molecular formula is C18H23N3O5S2. The topological polar surface area (TPSA) is 105 Å². The summed E-state index contributed by atoms with van der Waals surface area (Å²) in [7, 11) is 0.0932. The van der Waals surface area contributed by atoms with Gasteiger partial charge in [0.15, 0.2) is 6.61 Å². The maximum absolute atomic E-state index is 12.3. The molecule has 10 heteroatoms. The van der Waals surface area contributed by atoms with Crippen LogP contribution in [0.3, 0.4) is 0 Å². The van der Waals surface area contributed by atoms with Crippen LogP contribution < -0.4 is 14.8 Å². The fraction of sp³-hybridized carbons (Fsp3) is 0.333. The number of amides is 2. The number of ether oxygens (including phenoxy) is 1. The molecule has 0 unspecified atom stereocenters. The Morgan fingerprint density at radius 1 is 1.11 bits per heavy atom. The second-order valence-corrected chi connectivity index (χ2v) is 9.24. The zero-order chi connectivity index (χ0) is 20.7. The van der Waals surface area contributed by atoms with Gasteiger partial charge in [-0.2, -0.15) is 0 Å². The van der Waals surface area contributed by atoms with E-state index in [1.165, 1.54) is 16.2 Å². The predicted octanol–water partition coefficient (Wildman–Crippen LogP) is 1.56. The van der Waals surface area contributed by atoms with Gasteiger partial charge in [0.25, 0.3) is 11.8 Å². The third-order valence-electron chi connectivity index (χ3n) is 3.59. The molecule has 1 aromatic heterocycles. The Morgan fingerprint density at radius 3 is 2.39 bits per heavy atom. The summed E-state index contributed by atoms with van der Waals surface area (Å²) in [6.07, 6.45) is 1.62. The normalized spacial score (nSPS) is 11.1. The Hall–Kier alpha value is -2.43. The minimum Gasteiger partial charge on any atom is -0.484 e. The van der Waals surface area contributed by atoms with E-state index < -0.39 is 10.0 Å². The van der Waals surface area contributed by atoms with Crippen LogP contribution >= 0.6 is 11.3 Å². The number of benzene rings is 1. The number of hydrogen-bond donors (Lipinski definition) is 2. The zero-order valence-electron chi connectivity index (χ0n) is 15.9. The summed E-state index contributed by atoms with van der Waals surface area (Å²) < 4.78 is 29.9. The van der Waals surface area contributed by atoms with Crippen LogP contribution in [0, 0.1) is 0 Å². The van der Waals surface area contributed by atoms with Crippen molar-refractivity contribution in [2.75, 3.05) is 38.8 Å². The molecule has 0 aliphatic carbocycles. The minimum atomic E-state index is -3.22. The number of carbonyl (C=O) groups is 2. The van der Waals surface area contributed by atoms with Crippen LogP contribution in [0.5, 0.6) is 5.75 Å². The minimum absolute atomic E-state index is 0.0507. The first-order chi connectivity index (χ1) is 13.1. The van der Waals surface area contributed by atoms with E-state index in [2.05, 4.69) is 10.0 Å². The van der Waals surface area contributed by atoms with E-state index in [-0.39, 0.29) is 25.0 Å². The summed E-state index contributed by atoms with van der Waals surface area (Å²) >= 11 is 1.31. The van der Waals surface area contributed by atoms with Gasteiger partial charge < -0.3 is 15.0 Å². The highest BCUT2D eigenvalue weighted by atomic mass is 32.2. The van der Waals surface area contributed by atoms with Gasteiger partial charge in [0.05, 0.1) is 11.1 Å². The van der Waals surface area contributed by atoms with Crippen molar-refractivity contribution in [3.8, 4) is 5.75 Å². The van der Waals surface area contributed by atoms with Gasteiger partial charge in [0.1, 0.15) is 5.75 Å². The number of anilines is 1. The van der Waals surface area contributed by atoms with Crippen molar-refractivity contribution in [1.82, 2.24) is 9.62 Å². The van der Waals surface area contributed by atoms with E-state index in [0.29, 0.717) is 22.7 Å². The van der Waals surface area contributed by atoms with Crippen LogP contribution in [-0.4, -0.2) is 58.6 Å². The van der Waals surface area contributed by atoms with E-state index in [1.807, 2.05) is 6.07 Å². The van der Waals surface area contributed by atoms with E-state index in [0.717, 1.165) is 11.1 Å². The first-order valence-electron chi connectivity index (χ1n) is 8.42. The fourth-order valence-corrected chi connectivity index (χ4v) is 3.47. The van der Waals surface area contributed by atoms with E-state index in [1.54, 1.807) is 44.4 Å². The van der Waals surface area contributed by atoms with Crippen molar-refractivity contribution >= 4 is 38.9 Å². The summed E-state index contributed by atoms with van der Waals surface area (Å²) in [5.74, 6) is 0.145. The smallest absolute Gasteiger partial charge is 0.265 e. The molecule has 28 heavy (non-hydrogen) atoms. The van der Waals surface area contributed by atoms with Gasteiger partial charge in [-0.3, -0.25) is 9.59 Å². The number of likely N-dealkylation sites (N-methyl/N-ethyl adjacent to an activating group) is 1. The van der Waals surface area contributed by atoms with Gasteiger partial charge in [-0.05, 0) is 42.8 Å². The van der Waals surface area contributed by atoms with E-state index in [9.17, 15) is 18.0 Å². The SMILES string of the molecule is CN(C)C(=O)COc1ccc(NC(=O)c2ccc(CCNS(C)(=O)=O)s2)cc1. The standard InChI is InChI=1S/C18H23N3O5S2/c1-21(2)17(22)12-26-14-6-4-13(5-7-14)20-18(23)16-9-8-15(27-16)10-11-19-28(3,24)25/h4-9,19H,10-12H2,1-3H3,(H,20,23). The molecule has 0 saturated heterocycles. The van der Waals surface area contributed by atoms with E-state index in [4.69, 9.17) is 4.74 Å². The number of nitrogens with zero attached hydrogens (tertiary/aromatic N) is 1. The molecule has 0 aliphatic heterocycles. The molecule has 0 saturated carbocycles. The number of nitrogens with one attached hydrogen (secondary N) is 2. The Labute approximate surface area is 168 Å². The molecule has 0 spiro atoms. The van der Waals surface area contributed by atoms with Crippen molar-refractivity contribution in [3.63, 3.8) is 0 Å². The highest BCUT2D eigenvalue weighted by molar-refractivity contribution is 7.88. The molecule has 1 heterocycles. The second-order valence-electron chi connectivity index (χ2n) is 6.24. The van der Waals surface area contributed by atoms with Crippen LogP contribution in [-0.2, 0) is 21.2 Å². The van der Waals surface area contributed by atoms with Gasteiger partial charge in [-0.1, -0.05) is 0 Å². The number of rotatable bonds is 9. The lowest BCUT2D eigenvalue weighted by Gasteiger charge is -2.11. The summed E-state index contributed by atoms with van der Waals surface area (Å²) in [4.78, 5) is 26.7. The molecule has 0 bridgehead atoms. The highest BCUT2D eigenvalue weighted by Crippen LogP contribution is 2.20. The first kappa shape index (κ1) is 21.9. The summed E-state index contributed by atoms with van der Waals surface area (Å²) in [6, 6.07) is 10.3. The van der Waals surface area contributed by atoms with Crippen LogP contribution in [0.25, 0.3) is 0 Å². The van der Waals surface area contributed by atoms with E-state index >= 15 is 0 Å². The quantitative estimate of drug-likeness (QED) is 0.634. The monoisotopic (exact) mass is 425 g/mol.